The van der Waals surface area contributed by atoms with E-state index in [-0.39, 0.29) is 12.8 Å². The highest BCUT2D eigenvalue weighted by molar-refractivity contribution is 6.30. The number of nitrogens with one attached hydrogen (secondary N) is 1. The van der Waals surface area contributed by atoms with Crippen LogP contribution in [0.15, 0.2) is 24.3 Å². The van der Waals surface area contributed by atoms with Gasteiger partial charge in [0, 0.05) is 10.9 Å². The maximum atomic E-state index is 12.8. The normalized spacial score (nSPS) is 22.9. The summed E-state index contributed by atoms with van der Waals surface area (Å²) in [5.41, 5.74) is 0.549. The van der Waals surface area contributed by atoms with E-state index in [1.165, 1.54) is 0 Å². The molecule has 0 spiro atoms. The monoisotopic (exact) mass is 344 g/mol. The molecule has 1 aliphatic rings. The van der Waals surface area contributed by atoms with Crippen molar-refractivity contribution in [1.29, 1.82) is 5.26 Å². The predicted octanol–water partition coefficient (Wildman–Crippen LogP) is 4.39. The maximum Gasteiger partial charge on any atom is 0.391 e. The Labute approximate surface area is 137 Å². The predicted molar refractivity (Wildman–Crippen MR) is 79.5 cm³/mol. The topological polar surface area (TPSA) is 52.9 Å². The Kier molecular flexibility index (Phi) is 5.53. The third-order valence-electron chi connectivity index (χ3n) is 4.13. The first-order valence-corrected chi connectivity index (χ1v) is 7.71. The van der Waals surface area contributed by atoms with Crippen molar-refractivity contribution in [2.75, 3.05) is 0 Å². The lowest BCUT2D eigenvalue weighted by Crippen LogP contribution is -2.38. The van der Waals surface area contributed by atoms with Gasteiger partial charge in [-0.05, 0) is 37.0 Å². The van der Waals surface area contributed by atoms with E-state index in [4.69, 9.17) is 11.6 Å². The van der Waals surface area contributed by atoms with Crippen LogP contribution < -0.4 is 5.32 Å². The van der Waals surface area contributed by atoms with Crippen molar-refractivity contribution in [3.8, 4) is 6.07 Å². The molecule has 3 atom stereocenters. The molecule has 0 aliphatic heterocycles. The molecule has 1 fully saturated rings. The molecule has 0 aromatic heterocycles. The van der Waals surface area contributed by atoms with Crippen molar-refractivity contribution in [3.05, 3.63) is 34.9 Å². The summed E-state index contributed by atoms with van der Waals surface area (Å²) in [6.45, 7) is 0. The highest BCUT2D eigenvalue weighted by Gasteiger charge is 2.43. The van der Waals surface area contributed by atoms with Crippen LogP contribution in [0.2, 0.25) is 5.02 Å². The summed E-state index contributed by atoms with van der Waals surface area (Å²) in [5.74, 6) is -2.65. The Balaban J connectivity index is 2.02. The highest BCUT2D eigenvalue weighted by atomic mass is 35.5. The number of hydrogen-bond donors (Lipinski definition) is 1. The molecule has 0 bridgehead atoms. The summed E-state index contributed by atoms with van der Waals surface area (Å²) < 4.78 is 38.4. The first-order chi connectivity index (χ1) is 10.8. The van der Waals surface area contributed by atoms with E-state index < -0.39 is 30.0 Å². The van der Waals surface area contributed by atoms with Crippen LogP contribution in [0.3, 0.4) is 0 Å². The zero-order chi connectivity index (χ0) is 17.0. The van der Waals surface area contributed by atoms with Crippen molar-refractivity contribution >= 4 is 17.5 Å². The maximum absolute atomic E-state index is 12.8. The Morgan fingerprint density at radius 2 is 1.96 bits per heavy atom. The van der Waals surface area contributed by atoms with Gasteiger partial charge in [-0.15, -0.1) is 0 Å². The van der Waals surface area contributed by atoms with Crippen LogP contribution in [-0.4, -0.2) is 12.1 Å². The van der Waals surface area contributed by atoms with Crippen molar-refractivity contribution in [3.63, 3.8) is 0 Å². The molecule has 3 nitrogen and oxygen atoms in total. The molecule has 1 N–H and O–H groups in total. The van der Waals surface area contributed by atoms with Gasteiger partial charge in [0.05, 0.1) is 12.0 Å². The van der Waals surface area contributed by atoms with Gasteiger partial charge in [0.15, 0.2) is 0 Å². The fraction of sp³-hybridized carbons (Fsp3) is 0.500. The van der Waals surface area contributed by atoms with E-state index >= 15 is 0 Å². The number of amides is 1. The van der Waals surface area contributed by atoms with E-state index in [1.54, 1.807) is 24.3 Å². The van der Waals surface area contributed by atoms with E-state index in [0.717, 1.165) is 0 Å². The molecule has 1 aromatic rings. The van der Waals surface area contributed by atoms with Crippen molar-refractivity contribution in [2.24, 2.45) is 11.8 Å². The first-order valence-electron chi connectivity index (χ1n) is 7.33. The average molecular weight is 345 g/mol. The quantitative estimate of drug-likeness (QED) is 0.884. The first kappa shape index (κ1) is 17.6. The molecule has 124 valence electrons. The van der Waals surface area contributed by atoms with Gasteiger partial charge < -0.3 is 5.32 Å². The van der Waals surface area contributed by atoms with Gasteiger partial charge in [-0.2, -0.15) is 18.4 Å². The second-order valence-electron chi connectivity index (χ2n) is 5.72. The molecule has 0 saturated heterocycles. The molecular weight excluding hydrogens is 329 g/mol. The zero-order valence-electron chi connectivity index (χ0n) is 12.2. The third kappa shape index (κ3) is 4.61. The number of nitrogens with zero attached hydrogens (tertiary/aromatic N) is 1. The lowest BCUT2D eigenvalue weighted by molar-refractivity contribution is -0.186. The summed E-state index contributed by atoms with van der Waals surface area (Å²) in [6.07, 6.45) is -3.65. The molecule has 0 heterocycles. The van der Waals surface area contributed by atoms with Crippen LogP contribution in [-0.2, 0) is 4.79 Å². The number of rotatable bonds is 3. The number of hydrogen-bond acceptors (Lipinski definition) is 2. The van der Waals surface area contributed by atoms with Gasteiger partial charge in [0.25, 0.3) is 0 Å². The largest absolute Gasteiger partial charge is 0.391 e. The smallest absolute Gasteiger partial charge is 0.336 e. The lowest BCUT2D eigenvalue weighted by Gasteiger charge is -2.30. The van der Waals surface area contributed by atoms with Crippen molar-refractivity contribution in [2.45, 2.75) is 37.9 Å². The molecule has 2 rings (SSSR count). The molecule has 0 radical (unpaired) electrons. The summed E-state index contributed by atoms with van der Waals surface area (Å²) in [6, 6.07) is 7.45. The van der Waals surface area contributed by atoms with Crippen LogP contribution in [0.5, 0.6) is 0 Å². The Morgan fingerprint density at radius 3 is 2.52 bits per heavy atom. The van der Waals surface area contributed by atoms with Gasteiger partial charge in [-0.25, -0.2) is 0 Å². The van der Waals surface area contributed by atoms with Gasteiger partial charge in [0.2, 0.25) is 5.91 Å². The minimum absolute atomic E-state index is 0.0616. The highest BCUT2D eigenvalue weighted by Crippen LogP contribution is 2.40. The van der Waals surface area contributed by atoms with E-state index in [1.807, 2.05) is 6.07 Å². The van der Waals surface area contributed by atoms with Crippen LogP contribution in [0.4, 0.5) is 13.2 Å². The number of halogens is 4. The summed E-state index contributed by atoms with van der Waals surface area (Å²) >= 11 is 5.77. The van der Waals surface area contributed by atoms with E-state index in [0.29, 0.717) is 23.4 Å². The molecule has 1 saturated carbocycles. The summed E-state index contributed by atoms with van der Waals surface area (Å²) in [4.78, 5) is 12.2. The Bertz CT molecular complexity index is 595. The van der Waals surface area contributed by atoms with Gasteiger partial charge in [-0.3, -0.25) is 4.79 Å². The molecule has 23 heavy (non-hydrogen) atoms. The molecule has 7 heteroatoms. The lowest BCUT2D eigenvalue weighted by atomic mass is 9.80. The molecular formula is C16H16ClF3N2O. The van der Waals surface area contributed by atoms with E-state index in [2.05, 4.69) is 5.32 Å². The second-order valence-corrected chi connectivity index (χ2v) is 6.16. The fourth-order valence-corrected chi connectivity index (χ4v) is 2.96. The molecule has 1 aromatic carbocycles. The number of carbonyl (C=O) groups is 1. The van der Waals surface area contributed by atoms with Gasteiger partial charge in [0.1, 0.15) is 6.04 Å². The number of alkyl halides is 3. The number of nitriles is 1. The minimum atomic E-state index is -4.27. The summed E-state index contributed by atoms with van der Waals surface area (Å²) in [7, 11) is 0. The molecule has 1 amide bonds. The van der Waals surface area contributed by atoms with Crippen molar-refractivity contribution < 1.29 is 18.0 Å². The van der Waals surface area contributed by atoms with Crippen LogP contribution in [0.25, 0.3) is 0 Å². The van der Waals surface area contributed by atoms with Crippen LogP contribution in [0.1, 0.15) is 37.3 Å². The van der Waals surface area contributed by atoms with E-state index in [9.17, 15) is 23.2 Å². The third-order valence-corrected chi connectivity index (χ3v) is 4.38. The zero-order valence-corrected chi connectivity index (χ0v) is 13.0. The van der Waals surface area contributed by atoms with Gasteiger partial charge >= 0.3 is 6.18 Å². The SMILES string of the molecule is N#CC(NC(=O)C1CCCC(C(F)(F)F)C1)c1ccc(Cl)cc1. The second kappa shape index (κ2) is 7.22. The Hall–Kier alpha value is -1.74. The molecule has 3 unspecified atom stereocenters. The minimum Gasteiger partial charge on any atom is -0.336 e. The Morgan fingerprint density at radius 1 is 1.30 bits per heavy atom. The standard InChI is InChI=1S/C16H16ClF3N2O/c17-13-6-4-10(5-7-13)14(9-21)22-15(23)11-2-1-3-12(8-11)16(18,19)20/h4-7,11-12,14H,1-3,8H2,(H,22,23). The van der Waals surface area contributed by atoms with Crippen LogP contribution in [0, 0.1) is 23.2 Å². The van der Waals surface area contributed by atoms with Gasteiger partial charge in [-0.1, -0.05) is 30.2 Å². The average Bonchev–Trinajstić information content (AvgIpc) is 2.52. The number of benzene rings is 1. The van der Waals surface area contributed by atoms with Crippen molar-refractivity contribution in [1.82, 2.24) is 5.32 Å². The summed E-state index contributed by atoms with van der Waals surface area (Å²) in [5, 5.41) is 12.2. The number of carbonyl (C=O) groups excluding carboxylic acids is 1. The van der Waals surface area contributed by atoms with Crippen LogP contribution >= 0.6 is 11.6 Å². The molecule has 1 aliphatic carbocycles. The fourth-order valence-electron chi connectivity index (χ4n) is 2.83.